The van der Waals surface area contributed by atoms with Crippen molar-refractivity contribution in [2.24, 2.45) is 0 Å². The number of nitrogens with zero attached hydrogens (tertiary/aromatic N) is 3. The van der Waals surface area contributed by atoms with Crippen LogP contribution in [0, 0.1) is 6.92 Å². The van der Waals surface area contributed by atoms with E-state index >= 15 is 0 Å². The second kappa shape index (κ2) is 8.31. The number of aromatic nitrogens is 3. The van der Waals surface area contributed by atoms with Crippen LogP contribution >= 0.6 is 11.8 Å². The molecule has 4 rings (SSSR count). The van der Waals surface area contributed by atoms with Crippen molar-refractivity contribution in [3.05, 3.63) is 90.0 Å². The molecule has 0 aliphatic carbocycles. The van der Waals surface area contributed by atoms with Crippen molar-refractivity contribution in [1.29, 1.82) is 0 Å². The molecule has 0 aliphatic rings. The normalized spacial score (nSPS) is 10.8. The first-order chi connectivity index (χ1) is 13.8. The Morgan fingerprint density at radius 2 is 1.68 bits per heavy atom. The third-order valence-electron chi connectivity index (χ3n) is 4.45. The molecule has 3 aromatic carbocycles. The van der Waals surface area contributed by atoms with Crippen LogP contribution in [-0.4, -0.2) is 21.9 Å². The Morgan fingerprint density at radius 3 is 2.46 bits per heavy atom. The molecule has 5 heteroatoms. The van der Waals surface area contributed by atoms with Crippen LogP contribution in [0.1, 0.15) is 11.1 Å². The Hall–Kier alpha value is -3.05. The van der Waals surface area contributed by atoms with Gasteiger partial charge in [0.15, 0.2) is 11.0 Å². The summed E-state index contributed by atoms with van der Waals surface area (Å²) in [5, 5.41) is 9.87. The van der Waals surface area contributed by atoms with Crippen LogP contribution in [0.15, 0.2) is 84.0 Å². The summed E-state index contributed by atoms with van der Waals surface area (Å²) in [6.07, 6.45) is 0. The highest BCUT2D eigenvalue weighted by Crippen LogP contribution is 2.34. The number of para-hydroxylation sites is 2. The Kier molecular flexibility index (Phi) is 5.44. The predicted molar refractivity (Wildman–Crippen MR) is 114 cm³/mol. The Bertz CT molecular complexity index is 1080. The molecule has 0 atom stereocenters. The lowest BCUT2D eigenvalue weighted by Gasteiger charge is -2.12. The maximum atomic E-state index is 5.55. The summed E-state index contributed by atoms with van der Waals surface area (Å²) < 4.78 is 7.65. The third-order valence-corrected chi connectivity index (χ3v) is 5.45. The largest absolute Gasteiger partial charge is 0.496 e. The zero-order valence-electron chi connectivity index (χ0n) is 15.9. The zero-order valence-corrected chi connectivity index (χ0v) is 16.7. The molecular weight excluding hydrogens is 366 g/mol. The van der Waals surface area contributed by atoms with Gasteiger partial charge >= 0.3 is 0 Å². The van der Waals surface area contributed by atoms with E-state index in [1.165, 1.54) is 11.1 Å². The maximum absolute atomic E-state index is 5.55. The lowest BCUT2D eigenvalue weighted by Crippen LogP contribution is -2.00. The molecular formula is C23H21N3OS. The molecule has 0 aliphatic heterocycles. The van der Waals surface area contributed by atoms with Gasteiger partial charge in [0.2, 0.25) is 0 Å². The molecule has 0 amide bonds. The van der Waals surface area contributed by atoms with Crippen LogP contribution in [-0.2, 0) is 5.75 Å². The highest BCUT2D eigenvalue weighted by Gasteiger charge is 2.18. The molecule has 28 heavy (non-hydrogen) atoms. The summed E-state index contributed by atoms with van der Waals surface area (Å²) in [7, 11) is 1.68. The van der Waals surface area contributed by atoms with Gasteiger partial charge < -0.3 is 4.74 Å². The van der Waals surface area contributed by atoms with E-state index in [9.17, 15) is 0 Å². The van der Waals surface area contributed by atoms with E-state index in [1.807, 2.05) is 42.5 Å². The van der Waals surface area contributed by atoms with Crippen molar-refractivity contribution in [2.45, 2.75) is 17.8 Å². The fraction of sp³-hybridized carbons (Fsp3) is 0.130. The van der Waals surface area contributed by atoms with Gasteiger partial charge in [-0.25, -0.2) is 0 Å². The minimum absolute atomic E-state index is 0.774. The topological polar surface area (TPSA) is 39.9 Å². The fourth-order valence-electron chi connectivity index (χ4n) is 3.13. The van der Waals surface area contributed by atoms with Gasteiger partial charge in [0.1, 0.15) is 5.75 Å². The quantitative estimate of drug-likeness (QED) is 0.407. The Balaban J connectivity index is 1.76. The molecule has 0 saturated heterocycles. The number of ether oxygens (including phenoxy) is 1. The van der Waals surface area contributed by atoms with Crippen LogP contribution in [0.5, 0.6) is 5.75 Å². The van der Waals surface area contributed by atoms with E-state index in [-0.39, 0.29) is 0 Å². The minimum atomic E-state index is 0.774. The lowest BCUT2D eigenvalue weighted by atomic mass is 10.2. The first-order valence-electron chi connectivity index (χ1n) is 9.09. The average Bonchev–Trinajstić information content (AvgIpc) is 3.16. The average molecular weight is 388 g/mol. The fourth-order valence-corrected chi connectivity index (χ4v) is 4.02. The molecule has 1 heterocycles. The standard InChI is InChI=1S/C23H21N3OS/c1-17-9-8-10-18(15-17)16-28-23-25-24-22(20-13-6-7-14-21(20)27-2)26(23)19-11-4-3-5-12-19/h3-15H,16H2,1-2H3. The van der Waals surface area contributed by atoms with Crippen molar-refractivity contribution >= 4 is 11.8 Å². The molecule has 0 saturated carbocycles. The van der Waals surface area contributed by atoms with Gasteiger partial charge in [-0.1, -0.05) is 71.9 Å². The maximum Gasteiger partial charge on any atom is 0.196 e. The van der Waals surface area contributed by atoms with Crippen molar-refractivity contribution in [3.8, 4) is 22.8 Å². The summed E-state index contributed by atoms with van der Waals surface area (Å²) >= 11 is 1.68. The lowest BCUT2D eigenvalue weighted by molar-refractivity contribution is 0.416. The SMILES string of the molecule is COc1ccccc1-c1nnc(SCc2cccc(C)c2)n1-c1ccccc1. The molecule has 0 fully saturated rings. The van der Waals surface area contributed by atoms with Gasteiger partial charge in [-0.15, -0.1) is 10.2 Å². The van der Waals surface area contributed by atoms with Gasteiger partial charge in [0.25, 0.3) is 0 Å². The van der Waals surface area contributed by atoms with E-state index < -0.39 is 0 Å². The number of aryl methyl sites for hydroxylation is 1. The van der Waals surface area contributed by atoms with Crippen molar-refractivity contribution in [3.63, 3.8) is 0 Å². The second-order valence-electron chi connectivity index (χ2n) is 6.46. The summed E-state index contributed by atoms with van der Waals surface area (Å²) in [5.74, 6) is 2.39. The number of hydrogen-bond donors (Lipinski definition) is 0. The molecule has 0 spiro atoms. The first-order valence-corrected chi connectivity index (χ1v) is 10.1. The summed E-state index contributed by atoms with van der Waals surface area (Å²) in [5.41, 5.74) is 4.48. The molecule has 0 N–H and O–H groups in total. The zero-order chi connectivity index (χ0) is 19.3. The van der Waals surface area contributed by atoms with Crippen molar-refractivity contribution in [2.75, 3.05) is 7.11 Å². The van der Waals surface area contributed by atoms with Crippen molar-refractivity contribution < 1.29 is 4.74 Å². The molecule has 0 bridgehead atoms. The molecule has 1 aromatic heterocycles. The van der Waals surface area contributed by atoms with Crippen LogP contribution in [0.25, 0.3) is 17.1 Å². The van der Waals surface area contributed by atoms with Crippen LogP contribution in [0.3, 0.4) is 0 Å². The van der Waals surface area contributed by atoms with Gasteiger partial charge in [0.05, 0.1) is 12.7 Å². The molecule has 0 radical (unpaired) electrons. The minimum Gasteiger partial charge on any atom is -0.496 e. The molecule has 140 valence electrons. The van der Waals surface area contributed by atoms with E-state index in [4.69, 9.17) is 4.74 Å². The van der Waals surface area contributed by atoms with E-state index in [0.717, 1.165) is 33.7 Å². The van der Waals surface area contributed by atoms with Crippen LogP contribution < -0.4 is 4.74 Å². The van der Waals surface area contributed by atoms with E-state index in [2.05, 4.69) is 58.1 Å². The Labute approximate surface area is 169 Å². The molecule has 4 nitrogen and oxygen atoms in total. The summed E-state index contributed by atoms with van der Waals surface area (Å²) in [4.78, 5) is 0. The first kappa shape index (κ1) is 18.3. The second-order valence-corrected chi connectivity index (χ2v) is 7.40. The van der Waals surface area contributed by atoms with Crippen LogP contribution in [0.4, 0.5) is 0 Å². The molecule has 4 aromatic rings. The Morgan fingerprint density at radius 1 is 0.893 bits per heavy atom. The number of hydrogen-bond acceptors (Lipinski definition) is 4. The highest BCUT2D eigenvalue weighted by molar-refractivity contribution is 7.98. The van der Waals surface area contributed by atoms with Crippen molar-refractivity contribution in [1.82, 2.24) is 14.8 Å². The smallest absolute Gasteiger partial charge is 0.196 e. The summed E-state index contributed by atoms with van der Waals surface area (Å²) in [6.45, 7) is 2.11. The predicted octanol–water partition coefficient (Wildman–Crippen LogP) is 5.54. The number of rotatable bonds is 6. The van der Waals surface area contributed by atoms with Gasteiger partial charge in [0, 0.05) is 11.4 Å². The van der Waals surface area contributed by atoms with E-state index in [1.54, 1.807) is 18.9 Å². The third kappa shape index (κ3) is 3.80. The van der Waals surface area contributed by atoms with Crippen LogP contribution in [0.2, 0.25) is 0 Å². The molecule has 0 unspecified atom stereocenters. The van der Waals surface area contributed by atoms with Gasteiger partial charge in [-0.3, -0.25) is 4.57 Å². The highest BCUT2D eigenvalue weighted by atomic mass is 32.2. The number of methoxy groups -OCH3 is 1. The van der Waals surface area contributed by atoms with Gasteiger partial charge in [-0.2, -0.15) is 0 Å². The van der Waals surface area contributed by atoms with Gasteiger partial charge in [-0.05, 0) is 36.8 Å². The summed E-state index contributed by atoms with van der Waals surface area (Å²) in [6, 6.07) is 26.6. The number of thioether (sulfide) groups is 1. The van der Waals surface area contributed by atoms with E-state index in [0.29, 0.717) is 0 Å². The number of benzene rings is 3. The monoisotopic (exact) mass is 387 g/mol.